The average molecular weight is 345 g/mol. The molecule has 1 saturated carbocycles. The molecule has 136 valence electrons. The molecule has 0 spiro atoms. The maximum atomic E-state index is 12.3. The second-order valence-electron chi connectivity index (χ2n) is 6.88. The monoisotopic (exact) mass is 345 g/mol. The molecule has 0 unspecified atom stereocenters. The summed E-state index contributed by atoms with van der Waals surface area (Å²) in [6.45, 7) is 3.61. The Kier molecular flexibility index (Phi) is 5.73. The standard InChI is InChI=1S/C18H27N5O2/c1-13(17(24)21-14-7-2-3-8-14)20-18(25)22-15-9-6-10-19-16(15)23-11-4-5-12-23/h6,9-10,13-14H,2-5,7-8,11-12H2,1H3,(H,21,24)(H2,20,22,25)/t13-/m0/s1. The minimum atomic E-state index is -0.576. The van der Waals surface area contributed by atoms with Crippen LogP contribution in [0, 0.1) is 0 Å². The number of nitrogens with zero attached hydrogens (tertiary/aromatic N) is 2. The molecule has 7 nitrogen and oxygen atoms in total. The van der Waals surface area contributed by atoms with Gasteiger partial charge in [0.1, 0.15) is 6.04 Å². The van der Waals surface area contributed by atoms with E-state index in [1.54, 1.807) is 19.2 Å². The fraction of sp³-hybridized carbons (Fsp3) is 0.611. The highest BCUT2D eigenvalue weighted by Crippen LogP contribution is 2.25. The van der Waals surface area contributed by atoms with Gasteiger partial charge in [-0.15, -0.1) is 0 Å². The van der Waals surface area contributed by atoms with Gasteiger partial charge in [0.05, 0.1) is 5.69 Å². The zero-order valence-electron chi connectivity index (χ0n) is 14.8. The van der Waals surface area contributed by atoms with Crippen LogP contribution in [0.3, 0.4) is 0 Å². The molecule has 2 heterocycles. The topological polar surface area (TPSA) is 86.4 Å². The molecule has 1 atom stereocenters. The first-order chi connectivity index (χ1) is 12.1. The second-order valence-corrected chi connectivity index (χ2v) is 6.88. The second kappa shape index (κ2) is 8.18. The lowest BCUT2D eigenvalue weighted by Gasteiger charge is -2.21. The lowest BCUT2D eigenvalue weighted by Crippen LogP contribution is -2.48. The first-order valence-corrected chi connectivity index (χ1v) is 9.21. The number of carbonyl (C=O) groups is 2. The maximum absolute atomic E-state index is 12.3. The Labute approximate surface area is 148 Å². The van der Waals surface area contributed by atoms with E-state index in [-0.39, 0.29) is 18.0 Å². The van der Waals surface area contributed by atoms with Crippen molar-refractivity contribution in [1.82, 2.24) is 15.6 Å². The molecule has 1 aliphatic carbocycles. The first kappa shape index (κ1) is 17.5. The van der Waals surface area contributed by atoms with Crippen LogP contribution in [0.15, 0.2) is 18.3 Å². The van der Waals surface area contributed by atoms with Crippen LogP contribution in [0.1, 0.15) is 45.4 Å². The molecule has 25 heavy (non-hydrogen) atoms. The molecule has 1 aromatic heterocycles. The van der Waals surface area contributed by atoms with Crippen LogP contribution >= 0.6 is 0 Å². The number of urea groups is 1. The Bertz CT molecular complexity index is 609. The first-order valence-electron chi connectivity index (χ1n) is 9.21. The van der Waals surface area contributed by atoms with E-state index >= 15 is 0 Å². The maximum Gasteiger partial charge on any atom is 0.319 e. The Morgan fingerprint density at radius 2 is 1.92 bits per heavy atom. The molecule has 1 aromatic rings. The fourth-order valence-corrected chi connectivity index (χ4v) is 3.49. The molecule has 2 fully saturated rings. The van der Waals surface area contributed by atoms with Gasteiger partial charge >= 0.3 is 6.03 Å². The van der Waals surface area contributed by atoms with Gasteiger partial charge < -0.3 is 20.9 Å². The summed E-state index contributed by atoms with van der Waals surface area (Å²) in [4.78, 5) is 31.0. The third-order valence-electron chi connectivity index (χ3n) is 4.88. The van der Waals surface area contributed by atoms with Gasteiger partial charge in [0.2, 0.25) is 5.91 Å². The van der Waals surface area contributed by atoms with Gasteiger partial charge in [-0.1, -0.05) is 12.8 Å². The van der Waals surface area contributed by atoms with Gasteiger partial charge in [-0.25, -0.2) is 9.78 Å². The summed E-state index contributed by atoms with van der Waals surface area (Å²) in [7, 11) is 0. The molecule has 2 aliphatic rings. The van der Waals surface area contributed by atoms with Gasteiger partial charge in [0, 0.05) is 25.3 Å². The summed E-state index contributed by atoms with van der Waals surface area (Å²) in [5.41, 5.74) is 0.672. The lowest BCUT2D eigenvalue weighted by molar-refractivity contribution is -0.123. The van der Waals surface area contributed by atoms with Gasteiger partial charge in [0.15, 0.2) is 5.82 Å². The molecule has 1 saturated heterocycles. The summed E-state index contributed by atoms with van der Waals surface area (Å²) < 4.78 is 0. The Morgan fingerprint density at radius 1 is 1.20 bits per heavy atom. The van der Waals surface area contributed by atoms with E-state index in [1.165, 1.54) is 0 Å². The van der Waals surface area contributed by atoms with E-state index in [2.05, 4.69) is 25.8 Å². The van der Waals surface area contributed by atoms with Crippen LogP contribution < -0.4 is 20.9 Å². The molecule has 3 amide bonds. The van der Waals surface area contributed by atoms with E-state index < -0.39 is 6.04 Å². The number of carbonyl (C=O) groups excluding carboxylic acids is 2. The third kappa shape index (κ3) is 4.61. The number of amides is 3. The van der Waals surface area contributed by atoms with E-state index in [4.69, 9.17) is 0 Å². The summed E-state index contributed by atoms with van der Waals surface area (Å²) in [6, 6.07) is 2.92. The molecular weight excluding hydrogens is 318 g/mol. The molecule has 0 aromatic carbocycles. The fourth-order valence-electron chi connectivity index (χ4n) is 3.49. The largest absolute Gasteiger partial charge is 0.355 e. The molecule has 3 rings (SSSR count). The highest BCUT2D eigenvalue weighted by molar-refractivity contribution is 5.95. The van der Waals surface area contributed by atoms with Gasteiger partial charge in [-0.2, -0.15) is 0 Å². The molecule has 0 bridgehead atoms. The predicted molar refractivity (Wildman–Crippen MR) is 97.7 cm³/mol. The summed E-state index contributed by atoms with van der Waals surface area (Å²) in [5, 5.41) is 8.55. The van der Waals surface area contributed by atoms with Crippen LogP contribution in [0.2, 0.25) is 0 Å². The molecular formula is C18H27N5O2. The molecule has 3 N–H and O–H groups in total. The number of anilines is 2. The highest BCUT2D eigenvalue weighted by atomic mass is 16.2. The molecule has 0 radical (unpaired) electrons. The number of rotatable bonds is 5. The predicted octanol–water partition coefficient (Wildman–Crippen LogP) is 2.25. The Balaban J connectivity index is 1.54. The van der Waals surface area contributed by atoms with Crippen molar-refractivity contribution < 1.29 is 9.59 Å². The van der Waals surface area contributed by atoms with E-state index in [1.807, 2.05) is 6.07 Å². The van der Waals surface area contributed by atoms with Crippen molar-refractivity contribution >= 4 is 23.4 Å². The highest BCUT2D eigenvalue weighted by Gasteiger charge is 2.23. The van der Waals surface area contributed by atoms with E-state index in [0.717, 1.165) is 57.4 Å². The molecule has 1 aliphatic heterocycles. The zero-order valence-corrected chi connectivity index (χ0v) is 14.8. The van der Waals surface area contributed by atoms with Crippen molar-refractivity contribution in [2.45, 2.75) is 57.5 Å². The van der Waals surface area contributed by atoms with Gasteiger partial charge in [-0.3, -0.25) is 4.79 Å². The van der Waals surface area contributed by atoms with Crippen LogP contribution in [-0.2, 0) is 4.79 Å². The summed E-state index contributed by atoms with van der Waals surface area (Å²) >= 11 is 0. The Morgan fingerprint density at radius 3 is 2.64 bits per heavy atom. The lowest BCUT2D eigenvalue weighted by atomic mass is 10.2. The van der Waals surface area contributed by atoms with Crippen molar-refractivity contribution in [3.8, 4) is 0 Å². The van der Waals surface area contributed by atoms with Crippen LogP contribution in [0.4, 0.5) is 16.3 Å². The van der Waals surface area contributed by atoms with Crippen LogP contribution in [0.5, 0.6) is 0 Å². The van der Waals surface area contributed by atoms with E-state index in [0.29, 0.717) is 5.69 Å². The van der Waals surface area contributed by atoms with E-state index in [9.17, 15) is 9.59 Å². The van der Waals surface area contributed by atoms with Crippen molar-refractivity contribution in [1.29, 1.82) is 0 Å². The number of hydrogen-bond acceptors (Lipinski definition) is 4. The summed E-state index contributed by atoms with van der Waals surface area (Å²) in [5.74, 6) is 0.659. The van der Waals surface area contributed by atoms with Gasteiger partial charge in [0.25, 0.3) is 0 Å². The SMILES string of the molecule is C[C@H](NC(=O)Nc1cccnc1N1CCCC1)C(=O)NC1CCCC1. The minimum absolute atomic E-state index is 0.131. The molecule has 7 heteroatoms. The van der Waals surface area contributed by atoms with Crippen molar-refractivity contribution in [3.63, 3.8) is 0 Å². The third-order valence-corrected chi connectivity index (χ3v) is 4.88. The number of nitrogens with one attached hydrogen (secondary N) is 3. The van der Waals surface area contributed by atoms with Crippen molar-refractivity contribution in [3.05, 3.63) is 18.3 Å². The number of hydrogen-bond donors (Lipinski definition) is 3. The van der Waals surface area contributed by atoms with Gasteiger partial charge in [-0.05, 0) is 44.7 Å². The quantitative estimate of drug-likeness (QED) is 0.764. The summed E-state index contributed by atoms with van der Waals surface area (Å²) in [6.07, 6.45) is 8.38. The number of aromatic nitrogens is 1. The normalized spacial score (nSPS) is 18.8. The van der Waals surface area contributed by atoms with Crippen molar-refractivity contribution in [2.75, 3.05) is 23.3 Å². The zero-order chi connectivity index (χ0) is 17.6. The minimum Gasteiger partial charge on any atom is -0.355 e. The van der Waals surface area contributed by atoms with Crippen LogP contribution in [-0.4, -0.2) is 42.1 Å². The smallest absolute Gasteiger partial charge is 0.319 e. The average Bonchev–Trinajstić information content (AvgIpc) is 3.28. The number of pyridine rings is 1. The van der Waals surface area contributed by atoms with Crippen molar-refractivity contribution in [2.24, 2.45) is 0 Å². The Hall–Kier alpha value is -2.31. The van der Waals surface area contributed by atoms with Crippen LogP contribution in [0.25, 0.3) is 0 Å².